The van der Waals surface area contributed by atoms with Gasteiger partial charge < -0.3 is 19.6 Å². The van der Waals surface area contributed by atoms with Gasteiger partial charge in [0.05, 0.1) is 17.4 Å². The van der Waals surface area contributed by atoms with E-state index in [0.29, 0.717) is 37.5 Å². The molecule has 0 bridgehead atoms. The summed E-state index contributed by atoms with van der Waals surface area (Å²) in [4.78, 5) is 29.6. The minimum Gasteiger partial charge on any atom is -0.506 e. The van der Waals surface area contributed by atoms with Gasteiger partial charge >= 0.3 is 6.36 Å². The summed E-state index contributed by atoms with van der Waals surface area (Å²) in [5.41, 5.74) is 4.31. The van der Waals surface area contributed by atoms with Gasteiger partial charge in [-0.2, -0.15) is 5.10 Å². The molecule has 2 amide bonds. The summed E-state index contributed by atoms with van der Waals surface area (Å²) in [6, 6.07) is 10.0. The Bertz CT molecular complexity index is 1510. The van der Waals surface area contributed by atoms with Gasteiger partial charge in [-0.25, -0.2) is 4.68 Å². The third-order valence-corrected chi connectivity index (χ3v) is 8.30. The van der Waals surface area contributed by atoms with Crippen LogP contribution < -0.4 is 4.74 Å². The van der Waals surface area contributed by atoms with E-state index in [0.717, 1.165) is 47.5 Å². The van der Waals surface area contributed by atoms with Gasteiger partial charge in [0.25, 0.3) is 5.91 Å². The first-order valence-corrected chi connectivity index (χ1v) is 13.6. The lowest BCUT2D eigenvalue weighted by Crippen LogP contribution is -2.45. The van der Waals surface area contributed by atoms with Crippen LogP contribution in [0.25, 0.3) is 5.69 Å². The summed E-state index contributed by atoms with van der Waals surface area (Å²) in [5.74, 6) is -0.449. The van der Waals surface area contributed by atoms with Gasteiger partial charge in [0.2, 0.25) is 5.91 Å². The highest BCUT2D eigenvalue weighted by Gasteiger charge is 2.40. The van der Waals surface area contributed by atoms with Crippen LogP contribution >= 0.6 is 0 Å². The number of halogens is 3. The van der Waals surface area contributed by atoms with Crippen molar-refractivity contribution in [2.75, 3.05) is 19.6 Å². The van der Waals surface area contributed by atoms with Gasteiger partial charge in [0.1, 0.15) is 17.2 Å². The maximum atomic E-state index is 13.7. The van der Waals surface area contributed by atoms with E-state index in [1.807, 2.05) is 18.2 Å². The minimum absolute atomic E-state index is 0.142. The van der Waals surface area contributed by atoms with Crippen LogP contribution in [0.5, 0.6) is 11.5 Å². The zero-order valence-corrected chi connectivity index (χ0v) is 22.2. The maximum Gasteiger partial charge on any atom is 0.573 e. The molecule has 2 aromatic carbocycles. The number of phenolic OH excluding ortho intramolecular Hbond substituents is 1. The molecule has 3 aliphatic rings. The smallest absolute Gasteiger partial charge is 0.506 e. The topological polar surface area (TPSA) is 87.9 Å². The summed E-state index contributed by atoms with van der Waals surface area (Å²) in [7, 11) is 0. The lowest BCUT2D eigenvalue weighted by atomic mass is 9.80. The molecule has 1 atom stereocenters. The summed E-state index contributed by atoms with van der Waals surface area (Å²) >= 11 is 0. The molecule has 1 N–H and O–H groups in total. The van der Waals surface area contributed by atoms with Crippen LogP contribution in [0.1, 0.15) is 64.1 Å². The molecule has 214 valence electrons. The van der Waals surface area contributed by atoms with Gasteiger partial charge in [0.15, 0.2) is 0 Å². The molecule has 0 unspecified atom stereocenters. The standard InChI is InChI=1S/C30H29F3N4O4/c1-2-27(39)35-14-12-22-28-24(37(34-22)23-11-8-20(16-26(23)38)18-4-3-5-18)13-15-36(25(28)17-35)29(40)19-6-9-21(10-7-19)41-30(31,32)33/h2,6-11,16,18,25,38H,1,3-5,12-15,17H2/t25-/m0/s1. The fourth-order valence-electron chi connectivity index (χ4n) is 6.05. The number of benzene rings is 2. The molecule has 2 aliphatic heterocycles. The van der Waals surface area contributed by atoms with Gasteiger partial charge in [-0.1, -0.05) is 19.1 Å². The predicted octanol–water partition coefficient (Wildman–Crippen LogP) is 5.05. The molecular formula is C30H29F3N4O4. The fraction of sp³-hybridized carbons (Fsp3) is 0.367. The van der Waals surface area contributed by atoms with Crippen molar-refractivity contribution in [2.24, 2.45) is 0 Å². The van der Waals surface area contributed by atoms with Crippen molar-refractivity contribution in [3.8, 4) is 17.2 Å². The minimum atomic E-state index is -4.83. The van der Waals surface area contributed by atoms with E-state index in [4.69, 9.17) is 5.10 Å². The first-order valence-electron chi connectivity index (χ1n) is 13.6. The van der Waals surface area contributed by atoms with Crippen molar-refractivity contribution >= 4 is 11.8 Å². The van der Waals surface area contributed by atoms with Crippen molar-refractivity contribution in [3.05, 3.63) is 83.2 Å². The third kappa shape index (κ3) is 5.05. The molecule has 11 heteroatoms. The normalized spacial score (nSPS) is 18.8. The number of nitrogens with zero attached hydrogens (tertiary/aromatic N) is 4. The molecule has 0 saturated heterocycles. The van der Waals surface area contributed by atoms with Crippen LogP contribution in [0.15, 0.2) is 55.1 Å². The number of hydrogen-bond donors (Lipinski definition) is 1. The van der Waals surface area contributed by atoms with Gasteiger partial charge in [0, 0.05) is 43.6 Å². The number of ether oxygens (including phenoxy) is 1. The van der Waals surface area contributed by atoms with Crippen molar-refractivity contribution < 1.29 is 32.6 Å². The molecule has 3 aromatic rings. The van der Waals surface area contributed by atoms with E-state index in [1.54, 1.807) is 14.5 Å². The number of rotatable bonds is 5. The highest BCUT2D eigenvalue weighted by atomic mass is 19.4. The lowest BCUT2D eigenvalue weighted by Gasteiger charge is -2.38. The van der Waals surface area contributed by atoms with E-state index in [1.165, 1.54) is 24.6 Å². The fourth-order valence-corrected chi connectivity index (χ4v) is 6.05. The average Bonchev–Trinajstić information content (AvgIpc) is 3.16. The van der Waals surface area contributed by atoms with E-state index < -0.39 is 18.2 Å². The Hall–Kier alpha value is -4.28. The Morgan fingerprint density at radius 1 is 1.07 bits per heavy atom. The highest BCUT2D eigenvalue weighted by Crippen LogP contribution is 2.41. The molecule has 6 rings (SSSR count). The third-order valence-electron chi connectivity index (χ3n) is 8.30. The monoisotopic (exact) mass is 566 g/mol. The predicted molar refractivity (Wildman–Crippen MR) is 143 cm³/mol. The number of hydrogen-bond acceptors (Lipinski definition) is 5. The van der Waals surface area contributed by atoms with Gasteiger partial charge in [-0.15, -0.1) is 13.2 Å². The molecule has 1 aromatic heterocycles. The van der Waals surface area contributed by atoms with E-state index in [-0.39, 0.29) is 29.7 Å². The molecule has 41 heavy (non-hydrogen) atoms. The van der Waals surface area contributed by atoms with Gasteiger partial charge in [-0.3, -0.25) is 9.59 Å². The largest absolute Gasteiger partial charge is 0.573 e. The lowest BCUT2D eigenvalue weighted by molar-refractivity contribution is -0.274. The summed E-state index contributed by atoms with van der Waals surface area (Å²) < 4.78 is 43.5. The molecular weight excluding hydrogens is 537 g/mol. The van der Waals surface area contributed by atoms with Crippen LogP contribution in [0.2, 0.25) is 0 Å². The Morgan fingerprint density at radius 2 is 1.83 bits per heavy atom. The number of amides is 2. The molecule has 1 saturated carbocycles. The van der Waals surface area contributed by atoms with Crippen LogP contribution in [0.3, 0.4) is 0 Å². The second-order valence-corrected chi connectivity index (χ2v) is 10.7. The molecule has 1 fully saturated rings. The Morgan fingerprint density at radius 3 is 2.46 bits per heavy atom. The number of aromatic hydroxyl groups is 1. The Labute approximate surface area is 234 Å². The van der Waals surface area contributed by atoms with Crippen LogP contribution in [0, 0.1) is 0 Å². The molecule has 8 nitrogen and oxygen atoms in total. The summed E-state index contributed by atoms with van der Waals surface area (Å²) in [6.45, 7) is 4.48. The second kappa shape index (κ2) is 10.3. The Balaban J connectivity index is 1.36. The summed E-state index contributed by atoms with van der Waals surface area (Å²) in [5, 5.41) is 15.9. The molecule has 3 heterocycles. The first kappa shape index (κ1) is 26.9. The maximum absolute atomic E-state index is 13.7. The van der Waals surface area contributed by atoms with Crippen LogP contribution in [-0.4, -0.2) is 62.5 Å². The second-order valence-electron chi connectivity index (χ2n) is 10.7. The highest BCUT2D eigenvalue weighted by molar-refractivity contribution is 5.95. The zero-order valence-electron chi connectivity index (χ0n) is 22.2. The SMILES string of the molecule is C=CC(=O)N1CCc2nn(-c3ccc(C4CCC4)cc3O)c3c2[C@H](C1)N(C(=O)c1ccc(OC(F)(F)F)cc1)CC3. The van der Waals surface area contributed by atoms with Crippen molar-refractivity contribution in [1.29, 1.82) is 0 Å². The van der Waals surface area contributed by atoms with Gasteiger partial charge in [-0.05, 0) is 66.8 Å². The molecule has 1 aliphatic carbocycles. The first-order chi connectivity index (χ1) is 19.6. The zero-order chi connectivity index (χ0) is 28.9. The number of carbonyl (C=O) groups is 2. The Kier molecular flexibility index (Phi) is 6.75. The van der Waals surface area contributed by atoms with Crippen molar-refractivity contribution in [3.63, 3.8) is 0 Å². The number of alkyl halides is 3. The summed E-state index contributed by atoms with van der Waals surface area (Å²) in [6.07, 6.45) is 0.722. The number of aromatic nitrogens is 2. The number of carbonyl (C=O) groups excluding carboxylic acids is 2. The van der Waals surface area contributed by atoms with Crippen molar-refractivity contribution in [2.45, 2.75) is 50.4 Å². The number of phenols is 1. The van der Waals surface area contributed by atoms with Crippen molar-refractivity contribution in [1.82, 2.24) is 19.6 Å². The van der Waals surface area contributed by atoms with Crippen LogP contribution in [-0.2, 0) is 17.6 Å². The quantitative estimate of drug-likeness (QED) is 0.437. The van der Waals surface area contributed by atoms with E-state index >= 15 is 0 Å². The average molecular weight is 567 g/mol. The molecule has 0 spiro atoms. The van der Waals surface area contributed by atoms with Crippen LogP contribution in [0.4, 0.5) is 13.2 Å². The van der Waals surface area contributed by atoms with E-state index in [2.05, 4.69) is 11.3 Å². The van der Waals surface area contributed by atoms with E-state index in [9.17, 15) is 27.9 Å². The molecule has 0 radical (unpaired) electrons.